The first kappa shape index (κ1) is 15.5. The van der Waals surface area contributed by atoms with Crippen molar-refractivity contribution in [2.45, 2.75) is 32.7 Å². The van der Waals surface area contributed by atoms with Crippen LogP contribution in [0.25, 0.3) is 0 Å². The van der Waals surface area contributed by atoms with E-state index in [2.05, 4.69) is 48.4 Å². The average molecular weight is 284 g/mol. The number of ether oxygens (including phenoxy) is 1. The summed E-state index contributed by atoms with van der Waals surface area (Å²) in [6.07, 6.45) is 5.67. The SMILES string of the molecule is CCCOc1ccccc1C(Cc1cccnc1)NCC. The van der Waals surface area contributed by atoms with Crippen molar-refractivity contribution in [3.8, 4) is 5.75 Å². The minimum absolute atomic E-state index is 0.243. The Bertz CT molecular complexity index is 528. The molecular weight excluding hydrogens is 260 g/mol. The fraction of sp³-hybridized carbons (Fsp3) is 0.389. The minimum Gasteiger partial charge on any atom is -0.493 e. The standard InChI is InChI=1S/C18H24N2O/c1-3-12-21-18-10-6-5-9-16(18)17(20-4-2)13-15-8-7-11-19-14-15/h5-11,14,17,20H,3-4,12-13H2,1-2H3. The van der Waals surface area contributed by atoms with Gasteiger partial charge in [0.05, 0.1) is 6.61 Å². The molecule has 1 unspecified atom stereocenters. The van der Waals surface area contributed by atoms with E-state index in [1.807, 2.05) is 24.5 Å². The molecule has 1 N–H and O–H groups in total. The molecule has 0 spiro atoms. The average Bonchev–Trinajstić information content (AvgIpc) is 2.54. The monoisotopic (exact) mass is 284 g/mol. The maximum Gasteiger partial charge on any atom is 0.124 e. The van der Waals surface area contributed by atoms with Crippen LogP contribution in [0.1, 0.15) is 37.4 Å². The number of aromatic nitrogens is 1. The molecule has 3 nitrogen and oxygen atoms in total. The van der Waals surface area contributed by atoms with E-state index in [-0.39, 0.29) is 6.04 Å². The third kappa shape index (κ3) is 4.57. The van der Waals surface area contributed by atoms with E-state index in [0.29, 0.717) is 0 Å². The van der Waals surface area contributed by atoms with Crippen molar-refractivity contribution in [3.63, 3.8) is 0 Å². The van der Waals surface area contributed by atoms with Gasteiger partial charge in [-0.05, 0) is 37.1 Å². The fourth-order valence-electron chi connectivity index (χ4n) is 2.40. The lowest BCUT2D eigenvalue weighted by molar-refractivity contribution is 0.310. The molecule has 0 amide bonds. The van der Waals surface area contributed by atoms with Crippen molar-refractivity contribution in [2.24, 2.45) is 0 Å². The predicted octanol–water partition coefficient (Wildman–Crippen LogP) is 3.76. The summed E-state index contributed by atoms with van der Waals surface area (Å²) in [5.74, 6) is 0.981. The smallest absolute Gasteiger partial charge is 0.124 e. The summed E-state index contributed by atoms with van der Waals surface area (Å²) in [5.41, 5.74) is 2.45. The minimum atomic E-state index is 0.243. The number of hydrogen-bond donors (Lipinski definition) is 1. The van der Waals surface area contributed by atoms with Crippen LogP contribution in [0, 0.1) is 0 Å². The molecule has 2 rings (SSSR count). The number of hydrogen-bond acceptors (Lipinski definition) is 3. The van der Waals surface area contributed by atoms with Crippen LogP contribution in [0.2, 0.25) is 0 Å². The van der Waals surface area contributed by atoms with Gasteiger partial charge in [-0.15, -0.1) is 0 Å². The Morgan fingerprint density at radius 2 is 2.00 bits per heavy atom. The van der Waals surface area contributed by atoms with Gasteiger partial charge in [-0.3, -0.25) is 4.98 Å². The number of rotatable bonds is 8. The summed E-state index contributed by atoms with van der Waals surface area (Å²) in [5, 5.41) is 3.56. The lowest BCUT2D eigenvalue weighted by atomic mass is 9.99. The van der Waals surface area contributed by atoms with Crippen LogP contribution in [0.15, 0.2) is 48.8 Å². The van der Waals surface area contributed by atoms with Gasteiger partial charge in [0.15, 0.2) is 0 Å². The Labute approximate surface area is 127 Å². The van der Waals surface area contributed by atoms with E-state index in [1.165, 1.54) is 11.1 Å². The van der Waals surface area contributed by atoms with E-state index < -0.39 is 0 Å². The Hall–Kier alpha value is -1.87. The summed E-state index contributed by atoms with van der Waals surface area (Å²) < 4.78 is 5.90. The molecule has 0 aliphatic rings. The number of para-hydroxylation sites is 1. The predicted molar refractivity (Wildman–Crippen MR) is 86.6 cm³/mol. The van der Waals surface area contributed by atoms with Crippen LogP contribution in [-0.2, 0) is 6.42 Å². The van der Waals surface area contributed by atoms with Crippen LogP contribution >= 0.6 is 0 Å². The Kier molecular flexibility index (Phi) is 6.22. The molecular formula is C18H24N2O. The summed E-state index contributed by atoms with van der Waals surface area (Å²) in [6, 6.07) is 12.6. The molecule has 0 saturated heterocycles. The van der Waals surface area contributed by atoms with Gasteiger partial charge in [-0.1, -0.05) is 38.1 Å². The molecule has 1 heterocycles. The van der Waals surface area contributed by atoms with E-state index >= 15 is 0 Å². The first-order valence-electron chi connectivity index (χ1n) is 7.69. The molecule has 1 aromatic carbocycles. The molecule has 112 valence electrons. The van der Waals surface area contributed by atoms with E-state index in [4.69, 9.17) is 4.74 Å². The fourth-order valence-corrected chi connectivity index (χ4v) is 2.40. The Morgan fingerprint density at radius 3 is 2.71 bits per heavy atom. The second kappa shape index (κ2) is 8.42. The first-order chi connectivity index (χ1) is 10.3. The molecule has 3 heteroatoms. The number of pyridine rings is 1. The normalized spacial score (nSPS) is 12.1. The molecule has 0 radical (unpaired) electrons. The summed E-state index contributed by atoms with van der Waals surface area (Å²) in [4.78, 5) is 4.20. The lowest BCUT2D eigenvalue weighted by Gasteiger charge is -2.21. The highest BCUT2D eigenvalue weighted by Gasteiger charge is 2.15. The van der Waals surface area contributed by atoms with Crippen molar-refractivity contribution in [3.05, 3.63) is 59.9 Å². The summed E-state index contributed by atoms with van der Waals surface area (Å²) >= 11 is 0. The van der Waals surface area contributed by atoms with Crippen LogP contribution in [0.4, 0.5) is 0 Å². The van der Waals surface area contributed by atoms with Crippen LogP contribution in [0.5, 0.6) is 5.75 Å². The Balaban J connectivity index is 2.21. The summed E-state index contributed by atoms with van der Waals surface area (Å²) in [7, 11) is 0. The van der Waals surface area contributed by atoms with Crippen LogP contribution < -0.4 is 10.1 Å². The van der Waals surface area contributed by atoms with Gasteiger partial charge >= 0.3 is 0 Å². The molecule has 0 bridgehead atoms. The molecule has 1 atom stereocenters. The Morgan fingerprint density at radius 1 is 1.14 bits per heavy atom. The van der Waals surface area contributed by atoms with Crippen LogP contribution in [-0.4, -0.2) is 18.1 Å². The zero-order chi connectivity index (χ0) is 14.9. The van der Waals surface area contributed by atoms with Crippen molar-refractivity contribution >= 4 is 0 Å². The highest BCUT2D eigenvalue weighted by Crippen LogP contribution is 2.27. The number of likely N-dealkylation sites (N-methyl/N-ethyl adjacent to an activating group) is 1. The van der Waals surface area contributed by atoms with Crippen molar-refractivity contribution < 1.29 is 4.74 Å². The third-order valence-corrected chi connectivity index (χ3v) is 3.37. The second-order valence-electron chi connectivity index (χ2n) is 5.06. The van der Waals surface area contributed by atoms with Crippen molar-refractivity contribution in [1.29, 1.82) is 0 Å². The van der Waals surface area contributed by atoms with E-state index in [9.17, 15) is 0 Å². The number of nitrogens with one attached hydrogen (secondary N) is 1. The number of benzene rings is 1. The zero-order valence-corrected chi connectivity index (χ0v) is 12.9. The van der Waals surface area contributed by atoms with Gasteiger partial charge in [0.1, 0.15) is 5.75 Å². The molecule has 0 saturated carbocycles. The van der Waals surface area contributed by atoms with Crippen LogP contribution in [0.3, 0.4) is 0 Å². The molecule has 0 aliphatic heterocycles. The summed E-state index contributed by atoms with van der Waals surface area (Å²) in [6.45, 7) is 5.93. The molecule has 21 heavy (non-hydrogen) atoms. The zero-order valence-electron chi connectivity index (χ0n) is 12.9. The third-order valence-electron chi connectivity index (χ3n) is 3.37. The molecule has 0 fully saturated rings. The van der Waals surface area contributed by atoms with Gasteiger partial charge in [0.2, 0.25) is 0 Å². The lowest BCUT2D eigenvalue weighted by Crippen LogP contribution is -2.23. The molecule has 0 aliphatic carbocycles. The first-order valence-corrected chi connectivity index (χ1v) is 7.69. The van der Waals surface area contributed by atoms with Gasteiger partial charge in [0.25, 0.3) is 0 Å². The maximum absolute atomic E-state index is 5.90. The van der Waals surface area contributed by atoms with E-state index in [1.54, 1.807) is 0 Å². The second-order valence-corrected chi connectivity index (χ2v) is 5.06. The van der Waals surface area contributed by atoms with Gasteiger partial charge < -0.3 is 10.1 Å². The van der Waals surface area contributed by atoms with Crippen molar-refractivity contribution in [2.75, 3.05) is 13.2 Å². The van der Waals surface area contributed by atoms with Gasteiger partial charge in [-0.25, -0.2) is 0 Å². The topological polar surface area (TPSA) is 34.1 Å². The number of nitrogens with zero attached hydrogens (tertiary/aromatic N) is 1. The van der Waals surface area contributed by atoms with Gasteiger partial charge in [-0.2, -0.15) is 0 Å². The van der Waals surface area contributed by atoms with E-state index in [0.717, 1.165) is 31.7 Å². The largest absolute Gasteiger partial charge is 0.493 e. The quantitative estimate of drug-likeness (QED) is 0.801. The van der Waals surface area contributed by atoms with Gasteiger partial charge in [0, 0.05) is 24.0 Å². The van der Waals surface area contributed by atoms with Crippen molar-refractivity contribution in [1.82, 2.24) is 10.3 Å². The highest BCUT2D eigenvalue weighted by atomic mass is 16.5. The molecule has 1 aromatic heterocycles. The highest BCUT2D eigenvalue weighted by molar-refractivity contribution is 5.37. The maximum atomic E-state index is 5.90. The molecule has 2 aromatic rings.